The Bertz CT molecular complexity index is 297. The summed E-state index contributed by atoms with van der Waals surface area (Å²) in [5, 5.41) is 1.66. The fourth-order valence-corrected chi connectivity index (χ4v) is 6.47. The molecule has 0 aromatic heterocycles. The molecule has 0 amide bonds. The molecule has 0 bridgehead atoms. The molecule has 0 spiro atoms. The molecule has 98 valence electrons. The Morgan fingerprint density at radius 2 is 2.00 bits per heavy atom. The van der Waals surface area contributed by atoms with Crippen LogP contribution < -0.4 is 0 Å². The summed E-state index contributed by atoms with van der Waals surface area (Å²) in [7, 11) is 0. The van der Waals surface area contributed by atoms with Crippen LogP contribution in [0, 0.1) is 11.8 Å². The predicted molar refractivity (Wildman–Crippen MR) is 78.1 cm³/mol. The van der Waals surface area contributed by atoms with Crippen molar-refractivity contribution in [3.63, 3.8) is 0 Å². The summed E-state index contributed by atoms with van der Waals surface area (Å²) in [6.45, 7) is 6.27. The van der Waals surface area contributed by atoms with Crippen LogP contribution in [0.1, 0.15) is 45.4 Å². The van der Waals surface area contributed by atoms with Crippen molar-refractivity contribution in [2.24, 2.45) is 16.8 Å². The number of hydrogen-bond donors (Lipinski definition) is 1. The van der Waals surface area contributed by atoms with Crippen LogP contribution >= 0.6 is 11.1 Å². The van der Waals surface area contributed by atoms with E-state index in [1.165, 1.54) is 57.4 Å². The Balaban J connectivity index is 1.68. The maximum Gasteiger partial charge on any atom is 0.0635 e. The van der Waals surface area contributed by atoms with E-state index in [1.54, 1.807) is 5.04 Å². The monoisotopic (exact) mass is 254 g/mol. The third-order valence-corrected chi connectivity index (χ3v) is 7.32. The fourth-order valence-electron chi connectivity index (χ4n) is 3.69. The van der Waals surface area contributed by atoms with Gasteiger partial charge in [0.05, 0.1) is 5.04 Å². The number of nitrogens with zero attached hydrogens (tertiary/aromatic N) is 2. The van der Waals surface area contributed by atoms with Crippen molar-refractivity contribution in [2.75, 3.05) is 25.4 Å². The molecule has 0 radical (unpaired) electrons. The van der Waals surface area contributed by atoms with Gasteiger partial charge < -0.3 is 0 Å². The van der Waals surface area contributed by atoms with Crippen molar-refractivity contribution >= 4 is 16.1 Å². The second kappa shape index (κ2) is 5.31. The van der Waals surface area contributed by atoms with Gasteiger partial charge in [-0.15, -0.1) is 0 Å². The van der Waals surface area contributed by atoms with Gasteiger partial charge >= 0.3 is 0 Å². The number of thiol groups is 1. The Morgan fingerprint density at radius 3 is 2.76 bits per heavy atom. The first-order valence-corrected chi connectivity index (χ1v) is 8.89. The molecule has 0 N–H and O–H groups in total. The molecule has 2 heterocycles. The molecule has 3 aliphatic rings. The van der Waals surface area contributed by atoms with Crippen molar-refractivity contribution in [3.05, 3.63) is 0 Å². The van der Waals surface area contributed by atoms with Gasteiger partial charge in [-0.1, -0.05) is 19.8 Å². The van der Waals surface area contributed by atoms with Gasteiger partial charge in [0, 0.05) is 31.3 Å². The van der Waals surface area contributed by atoms with Gasteiger partial charge in [0.1, 0.15) is 0 Å². The van der Waals surface area contributed by atoms with Crippen LogP contribution in [0.3, 0.4) is 0 Å². The Kier molecular flexibility index (Phi) is 3.76. The zero-order chi connectivity index (χ0) is 11.7. The highest BCUT2D eigenvalue weighted by atomic mass is 32.2. The maximum atomic E-state index is 4.92. The van der Waals surface area contributed by atoms with Crippen LogP contribution in [0.2, 0.25) is 0 Å². The molecule has 1 saturated carbocycles. The highest BCUT2D eigenvalue weighted by Crippen LogP contribution is 2.45. The second-order valence-corrected chi connectivity index (χ2v) is 8.26. The first-order chi connectivity index (χ1) is 8.34. The van der Waals surface area contributed by atoms with E-state index in [-0.39, 0.29) is 11.1 Å². The normalized spacial score (nSPS) is 41.7. The molecule has 17 heavy (non-hydrogen) atoms. The lowest BCUT2D eigenvalue weighted by Gasteiger charge is -2.35. The fraction of sp³-hybridized carbons (Fsp3) is 0.929. The molecule has 0 aromatic carbocycles. The lowest BCUT2D eigenvalue weighted by atomic mass is 9.83. The van der Waals surface area contributed by atoms with Crippen molar-refractivity contribution in [1.29, 1.82) is 0 Å². The first kappa shape index (κ1) is 12.0. The van der Waals surface area contributed by atoms with E-state index in [4.69, 9.17) is 4.99 Å². The van der Waals surface area contributed by atoms with Gasteiger partial charge in [0.15, 0.2) is 0 Å². The quantitative estimate of drug-likeness (QED) is 0.748. The number of aliphatic imine (C=N–C) groups is 1. The molecule has 3 unspecified atom stereocenters. The van der Waals surface area contributed by atoms with E-state index in [2.05, 4.69) is 11.2 Å². The lowest BCUT2D eigenvalue weighted by Crippen LogP contribution is -2.27. The number of rotatable bonds is 2. The molecule has 2 fully saturated rings. The van der Waals surface area contributed by atoms with Gasteiger partial charge in [-0.3, -0.25) is 9.30 Å². The third-order valence-electron chi connectivity index (χ3n) is 4.58. The number of hydrogen-bond acceptors (Lipinski definition) is 2. The molecule has 0 aromatic rings. The largest absolute Gasteiger partial charge is 0.282 e. The Morgan fingerprint density at radius 1 is 1.18 bits per heavy atom. The summed E-state index contributed by atoms with van der Waals surface area (Å²) in [5.74, 6) is 3.16. The molecule has 3 atom stereocenters. The van der Waals surface area contributed by atoms with Crippen molar-refractivity contribution in [1.82, 2.24) is 4.31 Å². The summed E-state index contributed by atoms with van der Waals surface area (Å²) in [6, 6.07) is 0. The molecular weight excluding hydrogens is 228 g/mol. The van der Waals surface area contributed by atoms with E-state index in [0.717, 1.165) is 18.4 Å². The Hall–Kier alpha value is -0.0200. The standard InChI is InChI=1S/C14H26N2S/c1-12-5-4-6-13(11-12)14-15-7-10-17(14)16-8-2-3-9-16/h12-13,17H,2-11H2,1H3. The SMILES string of the molecule is CC1CCCC(C2=NCC[SH]2N2CCCC2)C1. The zero-order valence-electron chi connectivity index (χ0n) is 11.1. The van der Waals surface area contributed by atoms with Gasteiger partial charge in [-0.05, 0) is 31.6 Å². The van der Waals surface area contributed by atoms with E-state index in [9.17, 15) is 0 Å². The van der Waals surface area contributed by atoms with Gasteiger partial charge in [0.25, 0.3) is 0 Å². The highest BCUT2D eigenvalue weighted by molar-refractivity contribution is 8.28. The summed E-state index contributed by atoms with van der Waals surface area (Å²) in [4.78, 5) is 4.92. The topological polar surface area (TPSA) is 15.6 Å². The van der Waals surface area contributed by atoms with Crippen molar-refractivity contribution < 1.29 is 0 Å². The predicted octanol–water partition coefficient (Wildman–Crippen LogP) is 3.24. The minimum atomic E-state index is 0.0317. The average Bonchev–Trinajstić information content (AvgIpc) is 3.00. The summed E-state index contributed by atoms with van der Waals surface area (Å²) in [5.41, 5.74) is 0. The van der Waals surface area contributed by atoms with Crippen LogP contribution in [-0.2, 0) is 0 Å². The van der Waals surface area contributed by atoms with Crippen LogP contribution in [-0.4, -0.2) is 34.7 Å². The maximum absolute atomic E-state index is 4.92. The molecule has 2 aliphatic heterocycles. The molecule has 2 nitrogen and oxygen atoms in total. The zero-order valence-corrected chi connectivity index (χ0v) is 12.0. The Labute approximate surface area is 108 Å². The average molecular weight is 254 g/mol. The second-order valence-electron chi connectivity index (χ2n) is 5.99. The van der Waals surface area contributed by atoms with Crippen LogP contribution in [0.25, 0.3) is 0 Å². The summed E-state index contributed by atoms with van der Waals surface area (Å²) in [6.07, 6.45) is 8.58. The van der Waals surface area contributed by atoms with E-state index >= 15 is 0 Å². The van der Waals surface area contributed by atoms with Crippen LogP contribution in [0.4, 0.5) is 0 Å². The minimum absolute atomic E-state index is 0.0317. The van der Waals surface area contributed by atoms with Crippen molar-refractivity contribution in [3.8, 4) is 0 Å². The summed E-state index contributed by atoms with van der Waals surface area (Å²) < 4.78 is 2.78. The van der Waals surface area contributed by atoms with E-state index in [0.29, 0.717) is 0 Å². The van der Waals surface area contributed by atoms with Crippen LogP contribution in [0.15, 0.2) is 4.99 Å². The smallest absolute Gasteiger partial charge is 0.0635 e. The third kappa shape index (κ3) is 2.55. The highest BCUT2D eigenvalue weighted by Gasteiger charge is 2.32. The van der Waals surface area contributed by atoms with Gasteiger partial charge in [-0.2, -0.15) is 11.1 Å². The minimum Gasteiger partial charge on any atom is -0.282 e. The molecule has 1 aliphatic carbocycles. The van der Waals surface area contributed by atoms with Gasteiger partial charge in [-0.25, -0.2) is 0 Å². The van der Waals surface area contributed by atoms with E-state index in [1.807, 2.05) is 0 Å². The lowest BCUT2D eigenvalue weighted by molar-refractivity contribution is 0.341. The van der Waals surface area contributed by atoms with Crippen molar-refractivity contribution in [2.45, 2.75) is 45.4 Å². The molecule has 3 heteroatoms. The molecule has 1 saturated heterocycles. The van der Waals surface area contributed by atoms with Gasteiger partial charge in [0.2, 0.25) is 0 Å². The van der Waals surface area contributed by atoms with E-state index < -0.39 is 0 Å². The first-order valence-electron chi connectivity index (χ1n) is 7.41. The molecular formula is C14H26N2S. The molecule has 3 rings (SSSR count). The summed E-state index contributed by atoms with van der Waals surface area (Å²) >= 11 is 0.0317. The van der Waals surface area contributed by atoms with Crippen LogP contribution in [0.5, 0.6) is 0 Å².